The molecule has 6 unspecified atom stereocenters. The van der Waals surface area contributed by atoms with E-state index in [4.69, 9.17) is 18.5 Å². The number of aliphatic hydroxyl groups excluding tert-OH is 5. The van der Waals surface area contributed by atoms with Crippen molar-refractivity contribution in [3.63, 3.8) is 0 Å². The second-order valence-electron chi connectivity index (χ2n) is 13.4. The Morgan fingerprint density at radius 2 is 0.979 bits per heavy atom. The van der Waals surface area contributed by atoms with E-state index in [0.29, 0.717) is 13.0 Å². The van der Waals surface area contributed by atoms with Crippen LogP contribution in [0.5, 0.6) is 0 Å². The number of aliphatic hydroxyl groups is 5. The van der Waals surface area contributed by atoms with Crippen molar-refractivity contribution in [3.05, 3.63) is 0 Å². The average Bonchev–Trinajstić information content (AvgIpc) is 3.06. The molecule has 1 fully saturated rings. The third-order valence-electron chi connectivity index (χ3n) is 8.98. The van der Waals surface area contributed by atoms with Gasteiger partial charge in [-0.3, -0.25) is 13.8 Å². The Labute approximate surface area is 289 Å². The van der Waals surface area contributed by atoms with Crippen molar-refractivity contribution < 1.29 is 58.3 Å². The van der Waals surface area contributed by atoms with E-state index in [0.717, 1.165) is 38.5 Å². The molecule has 0 aromatic heterocycles. The summed E-state index contributed by atoms with van der Waals surface area (Å²) < 4.78 is 33.9. The van der Waals surface area contributed by atoms with Crippen molar-refractivity contribution in [1.82, 2.24) is 0 Å². The number of carbonyl (C=O) groups excluding carboxylic acids is 1. The molecule has 0 aromatic carbocycles. The summed E-state index contributed by atoms with van der Waals surface area (Å²) in [5, 5.41) is 49.8. The molecule has 6 N–H and O–H groups in total. The lowest BCUT2D eigenvalue weighted by Crippen LogP contribution is -2.64. The van der Waals surface area contributed by atoms with Gasteiger partial charge in [-0.15, -0.1) is 0 Å². The molecular formula is C35H69O12P. The molecule has 1 aliphatic rings. The molecular weight excluding hydrogens is 643 g/mol. The number of rotatable bonds is 31. The largest absolute Gasteiger partial charge is 0.472 e. The van der Waals surface area contributed by atoms with E-state index in [1.54, 1.807) is 0 Å². The number of phosphoric acid groups is 1. The van der Waals surface area contributed by atoms with Crippen LogP contribution >= 0.6 is 7.82 Å². The van der Waals surface area contributed by atoms with Gasteiger partial charge in [0.15, 0.2) is 0 Å². The van der Waals surface area contributed by atoms with Crippen LogP contribution in [0.4, 0.5) is 0 Å². The molecule has 1 saturated carbocycles. The number of hydrogen-bond acceptors (Lipinski definition) is 11. The monoisotopic (exact) mass is 712 g/mol. The number of carbonyl (C=O) groups is 1. The van der Waals surface area contributed by atoms with Crippen LogP contribution in [0.3, 0.4) is 0 Å². The first-order valence-electron chi connectivity index (χ1n) is 18.9. The van der Waals surface area contributed by atoms with Crippen LogP contribution in [0.15, 0.2) is 0 Å². The fraction of sp³-hybridized carbons (Fsp3) is 0.971. The van der Waals surface area contributed by atoms with Gasteiger partial charge in [-0.05, 0) is 12.8 Å². The standard InChI is InChI=1S/C35H69O12P/c1-3-5-7-9-11-13-14-15-17-19-21-23-25-44-26-28(46-29(36)24-22-20-18-16-12-10-8-6-4-2)27-45-48(42,43)47-35-33(40)31(38)30(37)32(39)34(35)41/h28,30-35,37-41H,3-27H2,1-2H3,(H,42,43). The maximum absolute atomic E-state index is 12.7. The van der Waals surface area contributed by atoms with Crippen molar-refractivity contribution in [2.45, 2.75) is 198 Å². The van der Waals surface area contributed by atoms with Gasteiger partial charge in [-0.25, -0.2) is 4.57 Å². The van der Waals surface area contributed by atoms with Crippen LogP contribution in [-0.2, 0) is 27.9 Å². The van der Waals surface area contributed by atoms with Gasteiger partial charge in [-0.1, -0.05) is 136 Å². The topological polar surface area (TPSA) is 192 Å². The smallest absolute Gasteiger partial charge is 0.457 e. The zero-order chi connectivity index (χ0) is 35.6. The summed E-state index contributed by atoms with van der Waals surface area (Å²) in [4.78, 5) is 22.9. The van der Waals surface area contributed by atoms with Gasteiger partial charge in [-0.2, -0.15) is 0 Å². The number of ether oxygens (including phenoxy) is 2. The Hall–Kier alpha value is -0.660. The van der Waals surface area contributed by atoms with Gasteiger partial charge >= 0.3 is 13.8 Å². The van der Waals surface area contributed by atoms with Crippen LogP contribution < -0.4 is 0 Å². The normalized spacial score (nSPS) is 24.8. The van der Waals surface area contributed by atoms with E-state index in [9.17, 15) is 39.8 Å². The maximum Gasteiger partial charge on any atom is 0.472 e. The number of esters is 1. The van der Waals surface area contributed by atoms with Crippen LogP contribution in [0, 0.1) is 0 Å². The van der Waals surface area contributed by atoms with Gasteiger partial charge in [0.1, 0.15) is 42.7 Å². The first-order chi connectivity index (χ1) is 23.0. The van der Waals surface area contributed by atoms with Crippen LogP contribution in [-0.4, -0.2) is 98.9 Å². The quantitative estimate of drug-likeness (QED) is 0.0286. The fourth-order valence-electron chi connectivity index (χ4n) is 5.88. The SMILES string of the molecule is CCCCCCCCCCCCCCOCC(COP(=O)(O)OC1C(O)C(O)C(O)C(O)C1O)OC(=O)CCCCCCCCCCC. The van der Waals surface area contributed by atoms with Gasteiger partial charge in [0.2, 0.25) is 0 Å². The highest BCUT2D eigenvalue weighted by Gasteiger charge is 2.51. The van der Waals surface area contributed by atoms with Crippen molar-refractivity contribution >= 4 is 13.8 Å². The Balaban J connectivity index is 2.48. The Kier molecular flexibility index (Phi) is 26.5. The van der Waals surface area contributed by atoms with E-state index >= 15 is 0 Å². The highest BCUT2D eigenvalue weighted by molar-refractivity contribution is 7.47. The Bertz CT molecular complexity index is 817. The summed E-state index contributed by atoms with van der Waals surface area (Å²) in [6, 6.07) is 0. The van der Waals surface area contributed by atoms with E-state index in [-0.39, 0.29) is 13.0 Å². The van der Waals surface area contributed by atoms with E-state index in [2.05, 4.69) is 13.8 Å². The van der Waals surface area contributed by atoms with Gasteiger partial charge in [0, 0.05) is 13.0 Å². The minimum absolute atomic E-state index is 0.0696. The number of unbranched alkanes of at least 4 members (excludes halogenated alkanes) is 19. The molecule has 0 aromatic rings. The van der Waals surface area contributed by atoms with Gasteiger partial charge in [0.05, 0.1) is 13.2 Å². The second kappa shape index (κ2) is 28.0. The predicted molar refractivity (Wildman–Crippen MR) is 184 cm³/mol. The lowest BCUT2D eigenvalue weighted by molar-refractivity contribution is -0.220. The molecule has 13 heteroatoms. The molecule has 0 bridgehead atoms. The molecule has 1 aliphatic carbocycles. The molecule has 0 spiro atoms. The van der Waals surface area contributed by atoms with E-state index in [1.165, 1.54) is 89.9 Å². The van der Waals surface area contributed by atoms with Crippen LogP contribution in [0.25, 0.3) is 0 Å². The summed E-state index contributed by atoms with van der Waals surface area (Å²) in [7, 11) is -4.99. The molecule has 6 atom stereocenters. The summed E-state index contributed by atoms with van der Waals surface area (Å²) in [6.07, 6.45) is 12.0. The zero-order valence-electron chi connectivity index (χ0n) is 29.8. The number of phosphoric ester groups is 1. The predicted octanol–water partition coefficient (Wildman–Crippen LogP) is 5.86. The van der Waals surface area contributed by atoms with Gasteiger partial charge < -0.3 is 39.9 Å². The molecule has 12 nitrogen and oxygen atoms in total. The molecule has 0 radical (unpaired) electrons. The van der Waals surface area contributed by atoms with Crippen molar-refractivity contribution in [1.29, 1.82) is 0 Å². The fourth-order valence-corrected chi connectivity index (χ4v) is 6.86. The lowest BCUT2D eigenvalue weighted by Gasteiger charge is -2.41. The molecule has 48 heavy (non-hydrogen) atoms. The molecule has 0 aliphatic heterocycles. The minimum atomic E-state index is -4.99. The minimum Gasteiger partial charge on any atom is -0.457 e. The third kappa shape index (κ3) is 20.9. The van der Waals surface area contributed by atoms with Crippen LogP contribution in [0.2, 0.25) is 0 Å². The summed E-state index contributed by atoms with van der Waals surface area (Å²) in [6.45, 7) is 4.21. The molecule has 0 amide bonds. The van der Waals surface area contributed by atoms with Crippen molar-refractivity contribution in [3.8, 4) is 0 Å². The lowest BCUT2D eigenvalue weighted by atomic mass is 9.85. The summed E-state index contributed by atoms with van der Waals surface area (Å²) >= 11 is 0. The molecule has 0 saturated heterocycles. The summed E-state index contributed by atoms with van der Waals surface area (Å²) in [5.74, 6) is -0.479. The molecule has 286 valence electrons. The highest BCUT2D eigenvalue weighted by Crippen LogP contribution is 2.47. The highest BCUT2D eigenvalue weighted by atomic mass is 31.2. The molecule has 1 rings (SSSR count). The third-order valence-corrected chi connectivity index (χ3v) is 9.97. The Morgan fingerprint density at radius 3 is 1.44 bits per heavy atom. The van der Waals surface area contributed by atoms with Crippen molar-refractivity contribution in [2.24, 2.45) is 0 Å². The zero-order valence-corrected chi connectivity index (χ0v) is 30.7. The first kappa shape index (κ1) is 45.4. The van der Waals surface area contributed by atoms with Gasteiger partial charge in [0.25, 0.3) is 0 Å². The summed E-state index contributed by atoms with van der Waals surface area (Å²) in [5.41, 5.74) is 0. The van der Waals surface area contributed by atoms with E-state index in [1.807, 2.05) is 0 Å². The second-order valence-corrected chi connectivity index (χ2v) is 14.8. The van der Waals surface area contributed by atoms with E-state index < -0.39 is 63.1 Å². The first-order valence-corrected chi connectivity index (χ1v) is 20.4. The molecule has 0 heterocycles. The maximum atomic E-state index is 12.7. The van der Waals surface area contributed by atoms with Crippen molar-refractivity contribution in [2.75, 3.05) is 19.8 Å². The number of hydrogen-bond donors (Lipinski definition) is 6. The van der Waals surface area contributed by atoms with Crippen LogP contribution in [0.1, 0.15) is 155 Å². The Morgan fingerprint density at radius 1 is 0.583 bits per heavy atom. The average molecular weight is 713 g/mol.